The lowest BCUT2D eigenvalue weighted by molar-refractivity contribution is -0.109. The molecule has 9 nitrogen and oxygen atoms in total. The molecular formula is C25H35N7O2. The highest BCUT2D eigenvalue weighted by atomic mass is 16.2. The van der Waals surface area contributed by atoms with E-state index >= 15 is 0 Å². The minimum absolute atomic E-state index is 0.142. The van der Waals surface area contributed by atoms with Crippen LogP contribution in [0.2, 0.25) is 0 Å². The molecule has 0 bridgehead atoms. The summed E-state index contributed by atoms with van der Waals surface area (Å²) in [6, 6.07) is 10.2. The molecule has 0 unspecified atom stereocenters. The fourth-order valence-electron chi connectivity index (χ4n) is 4.22. The number of amides is 3. The first-order chi connectivity index (χ1) is 16.7. The molecule has 2 heterocycles. The number of nitriles is 1. The third-order valence-electron chi connectivity index (χ3n) is 6.18. The molecule has 2 aromatic rings. The van der Waals surface area contributed by atoms with Crippen molar-refractivity contribution in [3.63, 3.8) is 0 Å². The van der Waals surface area contributed by atoms with Gasteiger partial charge in [-0.15, -0.1) is 0 Å². The van der Waals surface area contributed by atoms with Crippen LogP contribution in [0.3, 0.4) is 0 Å². The number of urea groups is 1. The summed E-state index contributed by atoms with van der Waals surface area (Å²) in [6.07, 6.45) is 11.2. The molecule has 1 aliphatic heterocycles. The Morgan fingerprint density at radius 2 is 1.91 bits per heavy atom. The van der Waals surface area contributed by atoms with Crippen LogP contribution in [0.5, 0.6) is 0 Å². The SMILES string of the molecule is N#Cc1ccc(Cn2cncc2CCNC=O)cc1.O=C(NC1CCCCC1)N1CCNCC1. The van der Waals surface area contributed by atoms with Crippen LogP contribution in [0.25, 0.3) is 0 Å². The van der Waals surface area contributed by atoms with E-state index < -0.39 is 0 Å². The Morgan fingerprint density at radius 1 is 1.18 bits per heavy atom. The summed E-state index contributed by atoms with van der Waals surface area (Å²) in [6.45, 7) is 4.86. The average molecular weight is 466 g/mol. The van der Waals surface area contributed by atoms with Gasteiger partial charge in [0.2, 0.25) is 6.41 Å². The number of nitrogens with zero attached hydrogens (tertiary/aromatic N) is 4. The lowest BCUT2D eigenvalue weighted by Gasteiger charge is -2.31. The maximum atomic E-state index is 11.9. The first-order valence-electron chi connectivity index (χ1n) is 12.1. The van der Waals surface area contributed by atoms with Crippen molar-refractivity contribution in [3.8, 4) is 6.07 Å². The van der Waals surface area contributed by atoms with E-state index in [4.69, 9.17) is 5.26 Å². The van der Waals surface area contributed by atoms with Crippen molar-refractivity contribution in [3.05, 3.63) is 53.6 Å². The number of imidazole rings is 1. The van der Waals surface area contributed by atoms with Crippen LogP contribution in [0.1, 0.15) is 48.9 Å². The molecule has 182 valence electrons. The van der Waals surface area contributed by atoms with Gasteiger partial charge in [0.05, 0.1) is 18.0 Å². The van der Waals surface area contributed by atoms with Gasteiger partial charge in [0.1, 0.15) is 0 Å². The number of hydrogen-bond acceptors (Lipinski definition) is 5. The van der Waals surface area contributed by atoms with E-state index in [2.05, 4.69) is 27.0 Å². The van der Waals surface area contributed by atoms with Gasteiger partial charge < -0.3 is 25.4 Å². The first-order valence-corrected chi connectivity index (χ1v) is 12.1. The second-order valence-electron chi connectivity index (χ2n) is 8.67. The highest BCUT2D eigenvalue weighted by Gasteiger charge is 2.20. The van der Waals surface area contributed by atoms with Crippen molar-refractivity contribution >= 4 is 12.4 Å². The van der Waals surface area contributed by atoms with Gasteiger partial charge in [0.25, 0.3) is 0 Å². The molecule has 4 rings (SSSR count). The minimum atomic E-state index is 0.142. The summed E-state index contributed by atoms with van der Waals surface area (Å²) < 4.78 is 2.04. The molecule has 3 amide bonds. The van der Waals surface area contributed by atoms with Crippen molar-refractivity contribution in [1.29, 1.82) is 5.26 Å². The molecule has 0 atom stereocenters. The van der Waals surface area contributed by atoms with E-state index in [1.54, 1.807) is 24.7 Å². The van der Waals surface area contributed by atoms with E-state index in [0.29, 0.717) is 31.1 Å². The van der Waals surface area contributed by atoms with Crippen molar-refractivity contribution in [2.75, 3.05) is 32.7 Å². The number of piperazine rings is 1. The Labute approximate surface area is 201 Å². The van der Waals surface area contributed by atoms with E-state index in [1.165, 1.54) is 19.3 Å². The summed E-state index contributed by atoms with van der Waals surface area (Å²) in [4.78, 5) is 28.1. The molecule has 1 aromatic carbocycles. The molecule has 0 radical (unpaired) electrons. The lowest BCUT2D eigenvalue weighted by atomic mass is 9.96. The molecule has 1 saturated carbocycles. The third kappa shape index (κ3) is 8.19. The summed E-state index contributed by atoms with van der Waals surface area (Å²) in [5, 5.41) is 17.8. The highest BCUT2D eigenvalue weighted by Crippen LogP contribution is 2.17. The van der Waals surface area contributed by atoms with Gasteiger partial charge in [0.15, 0.2) is 0 Å². The van der Waals surface area contributed by atoms with Gasteiger partial charge in [-0.05, 0) is 30.5 Å². The van der Waals surface area contributed by atoms with Gasteiger partial charge >= 0.3 is 6.03 Å². The molecule has 2 aliphatic rings. The van der Waals surface area contributed by atoms with Crippen molar-refractivity contribution in [2.24, 2.45) is 0 Å². The molecule has 1 aliphatic carbocycles. The number of rotatable bonds is 7. The molecule has 3 N–H and O–H groups in total. The van der Waals surface area contributed by atoms with Crippen LogP contribution >= 0.6 is 0 Å². The molecule has 9 heteroatoms. The fourth-order valence-corrected chi connectivity index (χ4v) is 4.22. The van der Waals surface area contributed by atoms with Crippen LogP contribution in [0, 0.1) is 11.3 Å². The average Bonchev–Trinajstić information content (AvgIpc) is 3.33. The molecule has 1 saturated heterocycles. The summed E-state index contributed by atoms with van der Waals surface area (Å²) >= 11 is 0. The second kappa shape index (κ2) is 14.0. The van der Waals surface area contributed by atoms with E-state index in [-0.39, 0.29) is 6.03 Å². The first kappa shape index (κ1) is 25.2. The third-order valence-corrected chi connectivity index (χ3v) is 6.18. The van der Waals surface area contributed by atoms with Gasteiger partial charge in [-0.1, -0.05) is 31.4 Å². The molecule has 0 spiro atoms. The molecule has 1 aromatic heterocycles. The summed E-state index contributed by atoms with van der Waals surface area (Å²) in [5.41, 5.74) is 2.84. The number of hydrogen-bond donors (Lipinski definition) is 3. The maximum Gasteiger partial charge on any atom is 0.317 e. The lowest BCUT2D eigenvalue weighted by Crippen LogP contribution is -2.52. The Morgan fingerprint density at radius 3 is 2.59 bits per heavy atom. The zero-order valence-electron chi connectivity index (χ0n) is 19.7. The van der Waals surface area contributed by atoms with E-state index in [1.807, 2.05) is 21.6 Å². The van der Waals surface area contributed by atoms with E-state index in [0.717, 1.165) is 56.7 Å². The summed E-state index contributed by atoms with van der Waals surface area (Å²) in [7, 11) is 0. The minimum Gasteiger partial charge on any atom is -0.358 e. The number of aromatic nitrogens is 2. The Bertz CT molecular complexity index is 923. The normalized spacial score (nSPS) is 16.0. The quantitative estimate of drug-likeness (QED) is 0.428. The molecule has 2 fully saturated rings. The predicted molar refractivity (Wildman–Crippen MR) is 130 cm³/mol. The largest absolute Gasteiger partial charge is 0.358 e. The van der Waals surface area contributed by atoms with Gasteiger partial charge in [0, 0.05) is 63.6 Å². The van der Waals surface area contributed by atoms with Crippen LogP contribution in [0.15, 0.2) is 36.8 Å². The van der Waals surface area contributed by atoms with Crippen molar-refractivity contribution in [2.45, 2.75) is 51.1 Å². The number of carbonyl (C=O) groups is 2. The fraction of sp³-hybridized carbons (Fsp3) is 0.520. The van der Waals surface area contributed by atoms with Crippen molar-refractivity contribution < 1.29 is 9.59 Å². The monoisotopic (exact) mass is 465 g/mol. The Balaban J connectivity index is 0.000000196. The zero-order chi connectivity index (χ0) is 24.0. The number of nitrogens with one attached hydrogen (secondary N) is 3. The van der Waals surface area contributed by atoms with Gasteiger partial charge in [-0.25, -0.2) is 9.78 Å². The van der Waals surface area contributed by atoms with Gasteiger partial charge in [-0.2, -0.15) is 5.26 Å². The smallest absolute Gasteiger partial charge is 0.317 e. The topological polar surface area (TPSA) is 115 Å². The van der Waals surface area contributed by atoms with Crippen LogP contribution < -0.4 is 16.0 Å². The zero-order valence-corrected chi connectivity index (χ0v) is 19.7. The maximum absolute atomic E-state index is 11.9. The Hall–Kier alpha value is -3.38. The Kier molecular flexibility index (Phi) is 10.4. The molecular weight excluding hydrogens is 430 g/mol. The number of benzene rings is 1. The second-order valence-corrected chi connectivity index (χ2v) is 8.67. The standard InChI is InChI=1S/C14H14N4O.C11H21N3O/c15-7-12-1-3-13(4-2-12)9-18-10-17-8-14(18)5-6-16-11-19;15-11(14-8-6-12-7-9-14)13-10-4-2-1-3-5-10/h1-4,8,10-11H,5-6,9H2,(H,16,19);10,12H,1-9H2,(H,13,15). The summed E-state index contributed by atoms with van der Waals surface area (Å²) in [5.74, 6) is 0. The van der Waals surface area contributed by atoms with Crippen LogP contribution in [-0.2, 0) is 17.8 Å². The highest BCUT2D eigenvalue weighted by molar-refractivity contribution is 5.74. The van der Waals surface area contributed by atoms with Crippen molar-refractivity contribution in [1.82, 2.24) is 30.4 Å². The van der Waals surface area contributed by atoms with Crippen LogP contribution in [0.4, 0.5) is 4.79 Å². The van der Waals surface area contributed by atoms with E-state index in [9.17, 15) is 9.59 Å². The van der Waals surface area contributed by atoms with Gasteiger partial charge in [-0.3, -0.25) is 4.79 Å². The van der Waals surface area contributed by atoms with Crippen LogP contribution in [-0.4, -0.2) is 65.7 Å². The molecule has 34 heavy (non-hydrogen) atoms. The number of carbonyl (C=O) groups excluding carboxylic acids is 2. The predicted octanol–water partition coefficient (Wildman–Crippen LogP) is 2.03.